The smallest absolute Gasteiger partial charge is 0.288 e. The monoisotopic (exact) mass is 263 g/mol. The Balaban J connectivity index is 0.000000861. The summed E-state index contributed by atoms with van der Waals surface area (Å²) in [6.07, 6.45) is 1.29. The topological polar surface area (TPSA) is 106 Å². The molecule has 102 valence electrons. The van der Waals surface area contributed by atoms with Gasteiger partial charge in [-0.15, -0.1) is 0 Å². The second kappa shape index (κ2) is 7.83. The largest absolute Gasteiger partial charge is 0.497 e. The highest BCUT2D eigenvalue weighted by molar-refractivity contribution is 5.90. The average Bonchev–Trinajstić information content (AvgIpc) is 3.02. The molecule has 0 radical (unpaired) electrons. The van der Waals surface area contributed by atoms with E-state index in [0.29, 0.717) is 6.54 Å². The van der Waals surface area contributed by atoms with Crippen LogP contribution in [0.1, 0.15) is 16.2 Å². The first kappa shape index (κ1) is 14.7. The molecule has 7 nitrogen and oxygen atoms in total. The van der Waals surface area contributed by atoms with Crippen molar-refractivity contribution in [3.8, 4) is 5.75 Å². The SMILES string of the molecule is CN.COc1ccc(CNC(=O)c2ncn[nH]2)cc1. The Kier molecular flexibility index (Phi) is 6.04. The van der Waals surface area contributed by atoms with E-state index in [9.17, 15) is 4.79 Å². The van der Waals surface area contributed by atoms with Crippen molar-refractivity contribution in [2.45, 2.75) is 6.54 Å². The zero-order chi connectivity index (χ0) is 14.1. The van der Waals surface area contributed by atoms with Crippen LogP contribution in [0.25, 0.3) is 0 Å². The second-order valence-corrected chi connectivity index (χ2v) is 3.36. The summed E-state index contributed by atoms with van der Waals surface area (Å²) in [5.41, 5.74) is 5.48. The van der Waals surface area contributed by atoms with E-state index in [1.165, 1.54) is 13.4 Å². The van der Waals surface area contributed by atoms with E-state index in [2.05, 4.69) is 26.2 Å². The molecule has 0 atom stereocenters. The lowest BCUT2D eigenvalue weighted by Crippen LogP contribution is -2.23. The van der Waals surface area contributed by atoms with Gasteiger partial charge in [0.1, 0.15) is 12.1 Å². The average molecular weight is 263 g/mol. The van der Waals surface area contributed by atoms with Gasteiger partial charge in [-0.3, -0.25) is 9.89 Å². The number of nitrogens with one attached hydrogen (secondary N) is 2. The summed E-state index contributed by atoms with van der Waals surface area (Å²) in [5.74, 6) is 0.715. The van der Waals surface area contributed by atoms with Crippen LogP contribution in [0.5, 0.6) is 5.75 Å². The number of carbonyl (C=O) groups excluding carboxylic acids is 1. The quantitative estimate of drug-likeness (QED) is 0.736. The highest BCUT2D eigenvalue weighted by atomic mass is 16.5. The molecule has 7 heteroatoms. The Hall–Kier alpha value is -2.41. The fourth-order valence-electron chi connectivity index (χ4n) is 1.32. The number of hydrogen-bond donors (Lipinski definition) is 3. The number of nitrogens with zero attached hydrogens (tertiary/aromatic N) is 2. The third-order valence-corrected chi connectivity index (χ3v) is 2.24. The fourth-order valence-corrected chi connectivity index (χ4v) is 1.32. The van der Waals surface area contributed by atoms with E-state index in [1.807, 2.05) is 24.3 Å². The van der Waals surface area contributed by atoms with Crippen molar-refractivity contribution in [2.24, 2.45) is 5.73 Å². The van der Waals surface area contributed by atoms with Crippen LogP contribution in [0, 0.1) is 0 Å². The molecule has 1 heterocycles. The Morgan fingerprint density at radius 3 is 2.58 bits per heavy atom. The van der Waals surface area contributed by atoms with Crippen molar-refractivity contribution < 1.29 is 9.53 Å². The first-order chi connectivity index (χ1) is 9.29. The van der Waals surface area contributed by atoms with Crippen molar-refractivity contribution >= 4 is 5.91 Å². The molecule has 19 heavy (non-hydrogen) atoms. The molecule has 0 unspecified atom stereocenters. The normalized spacial score (nSPS) is 9.21. The van der Waals surface area contributed by atoms with Crippen molar-refractivity contribution in [1.29, 1.82) is 0 Å². The van der Waals surface area contributed by atoms with Gasteiger partial charge < -0.3 is 15.8 Å². The van der Waals surface area contributed by atoms with Gasteiger partial charge in [-0.05, 0) is 24.7 Å². The summed E-state index contributed by atoms with van der Waals surface area (Å²) in [6.45, 7) is 0.434. The van der Waals surface area contributed by atoms with Gasteiger partial charge in [0.05, 0.1) is 7.11 Å². The number of methoxy groups -OCH3 is 1. The Labute approximate surface area is 111 Å². The third-order valence-electron chi connectivity index (χ3n) is 2.24. The molecular weight excluding hydrogens is 246 g/mol. The van der Waals surface area contributed by atoms with Gasteiger partial charge in [0, 0.05) is 6.54 Å². The molecule has 0 spiro atoms. The van der Waals surface area contributed by atoms with E-state index in [1.54, 1.807) is 7.11 Å². The van der Waals surface area contributed by atoms with Crippen LogP contribution in [0.4, 0.5) is 0 Å². The molecule has 0 saturated heterocycles. The molecule has 2 rings (SSSR count). The maximum absolute atomic E-state index is 11.5. The van der Waals surface area contributed by atoms with E-state index in [0.717, 1.165) is 11.3 Å². The van der Waals surface area contributed by atoms with Crippen LogP contribution in [-0.2, 0) is 6.54 Å². The Morgan fingerprint density at radius 1 is 1.37 bits per heavy atom. The first-order valence-corrected chi connectivity index (χ1v) is 5.64. The minimum Gasteiger partial charge on any atom is -0.497 e. The molecule has 1 aromatic heterocycles. The number of benzene rings is 1. The molecule has 4 N–H and O–H groups in total. The number of nitrogens with two attached hydrogens (primary N) is 1. The van der Waals surface area contributed by atoms with Gasteiger partial charge in [0.15, 0.2) is 0 Å². The van der Waals surface area contributed by atoms with E-state index in [4.69, 9.17) is 4.74 Å². The summed E-state index contributed by atoms with van der Waals surface area (Å²) in [4.78, 5) is 15.3. The molecule has 0 aliphatic rings. The highest BCUT2D eigenvalue weighted by Crippen LogP contribution is 2.10. The zero-order valence-corrected chi connectivity index (χ0v) is 10.9. The molecule has 0 aliphatic carbocycles. The van der Waals surface area contributed by atoms with Crippen LogP contribution in [0.2, 0.25) is 0 Å². The Bertz CT molecular complexity index is 481. The predicted octanol–water partition coefficient (Wildman–Crippen LogP) is 0.318. The van der Waals surface area contributed by atoms with Gasteiger partial charge >= 0.3 is 0 Å². The zero-order valence-electron chi connectivity index (χ0n) is 10.9. The number of rotatable bonds is 4. The van der Waals surface area contributed by atoms with Crippen LogP contribution >= 0.6 is 0 Å². The fraction of sp³-hybridized carbons (Fsp3) is 0.250. The number of hydrogen-bond acceptors (Lipinski definition) is 5. The highest BCUT2D eigenvalue weighted by Gasteiger charge is 2.07. The van der Waals surface area contributed by atoms with Crippen molar-refractivity contribution in [3.05, 3.63) is 42.0 Å². The van der Waals surface area contributed by atoms with Gasteiger partial charge in [0.25, 0.3) is 5.91 Å². The molecule has 0 fully saturated rings. The maximum atomic E-state index is 11.5. The predicted molar refractivity (Wildman–Crippen MR) is 70.7 cm³/mol. The summed E-state index contributed by atoms with van der Waals surface area (Å²) in [7, 11) is 3.11. The van der Waals surface area contributed by atoms with Crippen LogP contribution in [-0.4, -0.2) is 35.2 Å². The van der Waals surface area contributed by atoms with E-state index < -0.39 is 0 Å². The van der Waals surface area contributed by atoms with Gasteiger partial charge in [-0.1, -0.05) is 12.1 Å². The van der Waals surface area contributed by atoms with E-state index >= 15 is 0 Å². The third kappa shape index (κ3) is 4.40. The second-order valence-electron chi connectivity index (χ2n) is 3.36. The van der Waals surface area contributed by atoms with Gasteiger partial charge in [0.2, 0.25) is 5.82 Å². The summed E-state index contributed by atoms with van der Waals surface area (Å²) in [6, 6.07) is 7.46. The summed E-state index contributed by atoms with van der Waals surface area (Å²) < 4.78 is 5.04. The number of H-pyrrole nitrogens is 1. The standard InChI is InChI=1S/C11H12N4O2.CH5N/c1-17-9-4-2-8(3-5-9)6-12-11(16)10-13-7-14-15-10;1-2/h2-5,7H,6H2,1H3,(H,12,16)(H,13,14,15);2H2,1H3. The summed E-state index contributed by atoms with van der Waals surface area (Å²) >= 11 is 0. The number of ether oxygens (including phenoxy) is 1. The lowest BCUT2D eigenvalue weighted by Gasteiger charge is -2.04. The van der Waals surface area contributed by atoms with E-state index in [-0.39, 0.29) is 11.7 Å². The molecule has 0 bridgehead atoms. The minimum absolute atomic E-state index is 0.207. The number of carbonyl (C=O) groups is 1. The van der Waals surface area contributed by atoms with Gasteiger partial charge in [-0.2, -0.15) is 5.10 Å². The van der Waals surface area contributed by atoms with Crippen molar-refractivity contribution in [2.75, 3.05) is 14.2 Å². The molecule has 1 amide bonds. The number of aromatic nitrogens is 3. The molecule has 0 aliphatic heterocycles. The number of aromatic amines is 1. The van der Waals surface area contributed by atoms with Crippen molar-refractivity contribution in [1.82, 2.24) is 20.5 Å². The lowest BCUT2D eigenvalue weighted by molar-refractivity contribution is 0.0941. The number of amides is 1. The minimum atomic E-state index is -0.279. The first-order valence-electron chi connectivity index (χ1n) is 5.64. The maximum Gasteiger partial charge on any atom is 0.288 e. The molecular formula is C12H17N5O2. The molecule has 1 aromatic carbocycles. The van der Waals surface area contributed by atoms with Crippen LogP contribution in [0.15, 0.2) is 30.6 Å². The van der Waals surface area contributed by atoms with Crippen LogP contribution in [0.3, 0.4) is 0 Å². The molecule has 2 aromatic rings. The lowest BCUT2D eigenvalue weighted by atomic mass is 10.2. The van der Waals surface area contributed by atoms with Crippen molar-refractivity contribution in [3.63, 3.8) is 0 Å². The van der Waals surface area contributed by atoms with Crippen LogP contribution < -0.4 is 15.8 Å². The summed E-state index contributed by atoms with van der Waals surface area (Å²) in [5, 5.41) is 8.83. The van der Waals surface area contributed by atoms with Gasteiger partial charge in [-0.25, -0.2) is 4.98 Å². The Morgan fingerprint density at radius 2 is 2.05 bits per heavy atom. The molecule has 0 saturated carbocycles.